The van der Waals surface area contributed by atoms with Gasteiger partial charge in [-0.15, -0.1) is 0 Å². The predicted octanol–water partition coefficient (Wildman–Crippen LogP) is 3.26. The molecule has 0 radical (unpaired) electrons. The number of anilines is 3. The van der Waals surface area contributed by atoms with E-state index in [0.717, 1.165) is 48.8 Å². The number of hydrogen-bond acceptors (Lipinski definition) is 8. The van der Waals surface area contributed by atoms with Crippen LogP contribution in [0, 0.1) is 0 Å². The highest BCUT2D eigenvalue weighted by Crippen LogP contribution is 2.24. The Bertz CT molecular complexity index is 1090. The molecular weight excluding hydrogens is 356 g/mol. The van der Waals surface area contributed by atoms with E-state index in [1.165, 1.54) is 5.69 Å². The van der Waals surface area contributed by atoms with Crippen LogP contribution in [-0.4, -0.2) is 46.6 Å². The second-order valence-electron chi connectivity index (χ2n) is 6.50. The highest BCUT2D eigenvalue weighted by Gasteiger charge is 2.11. The quantitative estimate of drug-likeness (QED) is 0.582. The molecule has 140 valence electrons. The standard InChI is InChI=1S/C20H18N6O2/c1-6-18-19(25-28-24-18)13-14(1)17-7-8-21-20(23-17)22-15-2-4-16(5-3-15)26-9-11-27-12-10-26/h1-8,13H,9-12H2,(H,21,22,23). The maximum absolute atomic E-state index is 5.41. The lowest BCUT2D eigenvalue weighted by atomic mass is 10.1. The lowest BCUT2D eigenvalue weighted by Crippen LogP contribution is -2.36. The molecule has 8 nitrogen and oxygen atoms in total. The third kappa shape index (κ3) is 3.37. The molecule has 0 amide bonds. The third-order valence-corrected chi connectivity index (χ3v) is 4.70. The van der Waals surface area contributed by atoms with E-state index in [4.69, 9.17) is 9.37 Å². The summed E-state index contributed by atoms with van der Waals surface area (Å²) in [5.74, 6) is 0.537. The van der Waals surface area contributed by atoms with Crippen LogP contribution >= 0.6 is 0 Å². The van der Waals surface area contributed by atoms with Crippen molar-refractivity contribution >= 4 is 28.4 Å². The second kappa shape index (κ2) is 7.24. The Morgan fingerprint density at radius 2 is 1.71 bits per heavy atom. The molecule has 3 heterocycles. The first-order chi connectivity index (χ1) is 13.8. The van der Waals surface area contributed by atoms with Crippen LogP contribution in [0.5, 0.6) is 0 Å². The SMILES string of the molecule is c1cc(-c2ccc3nonc3c2)nc(Nc2ccc(N3CCOCC3)cc2)n1. The van der Waals surface area contributed by atoms with Crippen molar-refractivity contribution < 1.29 is 9.37 Å². The molecule has 28 heavy (non-hydrogen) atoms. The maximum Gasteiger partial charge on any atom is 0.227 e. The number of nitrogens with zero attached hydrogens (tertiary/aromatic N) is 5. The molecule has 1 aliphatic heterocycles. The lowest BCUT2D eigenvalue weighted by molar-refractivity contribution is 0.122. The first-order valence-electron chi connectivity index (χ1n) is 9.11. The number of fused-ring (bicyclic) bond motifs is 1. The van der Waals surface area contributed by atoms with Crippen LogP contribution in [0.4, 0.5) is 17.3 Å². The zero-order chi connectivity index (χ0) is 18.8. The number of hydrogen-bond donors (Lipinski definition) is 1. The van der Waals surface area contributed by atoms with Crippen molar-refractivity contribution in [1.82, 2.24) is 20.3 Å². The molecule has 1 fully saturated rings. The third-order valence-electron chi connectivity index (χ3n) is 4.70. The largest absolute Gasteiger partial charge is 0.378 e. The van der Waals surface area contributed by atoms with Crippen molar-refractivity contribution in [3.05, 3.63) is 54.7 Å². The van der Waals surface area contributed by atoms with Gasteiger partial charge in [-0.25, -0.2) is 14.6 Å². The van der Waals surface area contributed by atoms with Crippen molar-refractivity contribution in [1.29, 1.82) is 0 Å². The van der Waals surface area contributed by atoms with Gasteiger partial charge in [-0.3, -0.25) is 0 Å². The number of nitrogens with one attached hydrogen (secondary N) is 1. The fourth-order valence-electron chi connectivity index (χ4n) is 3.23. The molecule has 0 aliphatic carbocycles. The van der Waals surface area contributed by atoms with E-state index >= 15 is 0 Å². The van der Waals surface area contributed by atoms with Crippen LogP contribution in [0.3, 0.4) is 0 Å². The molecule has 1 aliphatic rings. The molecule has 0 spiro atoms. The fraction of sp³-hybridized carbons (Fsp3) is 0.200. The second-order valence-corrected chi connectivity index (χ2v) is 6.50. The van der Waals surface area contributed by atoms with Gasteiger partial charge in [0.05, 0.1) is 18.9 Å². The van der Waals surface area contributed by atoms with Gasteiger partial charge in [-0.1, -0.05) is 6.07 Å². The summed E-state index contributed by atoms with van der Waals surface area (Å²) in [5.41, 5.74) is 5.27. The summed E-state index contributed by atoms with van der Waals surface area (Å²) in [5, 5.41) is 11.0. The van der Waals surface area contributed by atoms with Crippen LogP contribution in [0.15, 0.2) is 59.4 Å². The van der Waals surface area contributed by atoms with Gasteiger partial charge < -0.3 is 15.0 Å². The van der Waals surface area contributed by atoms with E-state index in [0.29, 0.717) is 11.5 Å². The van der Waals surface area contributed by atoms with Gasteiger partial charge in [-0.2, -0.15) is 0 Å². The van der Waals surface area contributed by atoms with Crippen molar-refractivity contribution in [3.63, 3.8) is 0 Å². The monoisotopic (exact) mass is 374 g/mol. The first-order valence-corrected chi connectivity index (χ1v) is 9.11. The van der Waals surface area contributed by atoms with Gasteiger partial charge in [0.1, 0.15) is 11.0 Å². The molecule has 0 atom stereocenters. The predicted molar refractivity (Wildman–Crippen MR) is 106 cm³/mol. The van der Waals surface area contributed by atoms with Gasteiger partial charge in [0.2, 0.25) is 5.95 Å². The Balaban J connectivity index is 1.34. The van der Waals surface area contributed by atoms with E-state index in [2.05, 4.69) is 42.6 Å². The minimum Gasteiger partial charge on any atom is -0.378 e. The molecule has 0 unspecified atom stereocenters. The summed E-state index contributed by atoms with van der Waals surface area (Å²) in [6.45, 7) is 3.39. The minimum atomic E-state index is 0.537. The minimum absolute atomic E-state index is 0.537. The fourth-order valence-corrected chi connectivity index (χ4v) is 3.23. The molecule has 2 aromatic carbocycles. The number of ether oxygens (including phenoxy) is 1. The normalized spacial score (nSPS) is 14.4. The van der Waals surface area contributed by atoms with Crippen molar-refractivity contribution in [2.45, 2.75) is 0 Å². The van der Waals surface area contributed by atoms with Crippen LogP contribution in [0.25, 0.3) is 22.3 Å². The summed E-state index contributed by atoms with van der Waals surface area (Å²) >= 11 is 0. The number of rotatable bonds is 4. The van der Waals surface area contributed by atoms with Crippen LogP contribution in [0.2, 0.25) is 0 Å². The first kappa shape index (κ1) is 16.6. The topological polar surface area (TPSA) is 89.2 Å². The summed E-state index contributed by atoms with van der Waals surface area (Å²) in [6, 6.07) is 15.8. The Kier molecular flexibility index (Phi) is 4.30. The van der Waals surface area contributed by atoms with Gasteiger partial charge in [0.25, 0.3) is 0 Å². The summed E-state index contributed by atoms with van der Waals surface area (Å²) < 4.78 is 10.2. The Labute approximate surface area is 161 Å². The average molecular weight is 374 g/mol. The van der Waals surface area contributed by atoms with Crippen molar-refractivity contribution in [2.24, 2.45) is 0 Å². The summed E-state index contributed by atoms with van der Waals surface area (Å²) in [7, 11) is 0. The summed E-state index contributed by atoms with van der Waals surface area (Å²) in [6.07, 6.45) is 1.73. The Morgan fingerprint density at radius 3 is 2.57 bits per heavy atom. The highest BCUT2D eigenvalue weighted by atomic mass is 16.6. The van der Waals surface area contributed by atoms with Crippen LogP contribution in [-0.2, 0) is 4.74 Å². The van der Waals surface area contributed by atoms with Gasteiger partial charge >= 0.3 is 0 Å². The summed E-state index contributed by atoms with van der Waals surface area (Å²) in [4.78, 5) is 11.3. The van der Waals surface area contributed by atoms with Crippen molar-refractivity contribution in [2.75, 3.05) is 36.5 Å². The zero-order valence-electron chi connectivity index (χ0n) is 15.1. The molecule has 1 N–H and O–H groups in total. The Hall–Kier alpha value is -3.52. The maximum atomic E-state index is 5.41. The molecular formula is C20H18N6O2. The zero-order valence-corrected chi connectivity index (χ0v) is 15.1. The smallest absolute Gasteiger partial charge is 0.227 e. The lowest BCUT2D eigenvalue weighted by Gasteiger charge is -2.28. The van der Waals surface area contributed by atoms with Gasteiger partial charge in [0.15, 0.2) is 0 Å². The molecule has 8 heteroatoms. The number of aromatic nitrogens is 4. The van der Waals surface area contributed by atoms with E-state index < -0.39 is 0 Å². The van der Waals surface area contributed by atoms with Crippen LogP contribution in [0.1, 0.15) is 0 Å². The molecule has 2 aromatic heterocycles. The molecule has 0 bridgehead atoms. The molecule has 0 saturated carbocycles. The Morgan fingerprint density at radius 1 is 0.893 bits per heavy atom. The van der Waals surface area contributed by atoms with E-state index in [1.54, 1.807) is 6.20 Å². The van der Waals surface area contributed by atoms with E-state index in [-0.39, 0.29) is 0 Å². The number of benzene rings is 2. The van der Waals surface area contributed by atoms with Gasteiger partial charge in [-0.05, 0) is 52.8 Å². The number of morpholine rings is 1. The van der Waals surface area contributed by atoms with Crippen molar-refractivity contribution in [3.8, 4) is 11.3 Å². The van der Waals surface area contributed by atoms with Gasteiger partial charge in [0, 0.05) is 36.2 Å². The molecule has 5 rings (SSSR count). The van der Waals surface area contributed by atoms with E-state index in [9.17, 15) is 0 Å². The van der Waals surface area contributed by atoms with Crippen LogP contribution < -0.4 is 10.2 Å². The molecule has 4 aromatic rings. The van der Waals surface area contributed by atoms with E-state index in [1.807, 2.05) is 36.4 Å². The highest BCUT2D eigenvalue weighted by molar-refractivity contribution is 5.79. The molecule has 1 saturated heterocycles. The average Bonchev–Trinajstić information content (AvgIpc) is 3.23.